The van der Waals surface area contributed by atoms with Gasteiger partial charge in [0.1, 0.15) is 30.2 Å². The first-order valence-corrected chi connectivity index (χ1v) is 16.6. The monoisotopic (exact) mass is 683 g/mol. The van der Waals surface area contributed by atoms with E-state index < -0.39 is 71.6 Å². The first-order valence-electron chi connectivity index (χ1n) is 16.6. The average Bonchev–Trinajstić information content (AvgIpc) is 3.78. The molecular formula is C33H49N9O7. The Balaban J connectivity index is 1.81. The van der Waals surface area contributed by atoms with Crippen LogP contribution >= 0.6 is 0 Å². The minimum Gasteiger partial charge on any atom is -0.480 e. The van der Waals surface area contributed by atoms with E-state index >= 15 is 0 Å². The van der Waals surface area contributed by atoms with E-state index in [1.165, 1.54) is 17.4 Å². The topological polar surface area (TPSA) is 255 Å². The van der Waals surface area contributed by atoms with Crippen LogP contribution in [0, 0.1) is 5.92 Å². The van der Waals surface area contributed by atoms with Gasteiger partial charge in [-0.15, -0.1) is 0 Å². The smallest absolute Gasteiger partial charge is 0.326 e. The molecule has 0 unspecified atom stereocenters. The molecule has 16 nitrogen and oxygen atoms in total. The molecule has 5 amide bonds. The summed E-state index contributed by atoms with van der Waals surface area (Å²) in [5.74, 6) is -4.49. The van der Waals surface area contributed by atoms with Crippen LogP contribution < -0.4 is 32.7 Å². The van der Waals surface area contributed by atoms with Crippen LogP contribution in [0.25, 0.3) is 0 Å². The number of nitrogens with one attached hydrogen (secondary N) is 5. The van der Waals surface area contributed by atoms with Gasteiger partial charge < -0.3 is 47.7 Å². The molecule has 2 heterocycles. The Morgan fingerprint density at radius 3 is 2.24 bits per heavy atom. The Hall–Kier alpha value is -4.83. The Morgan fingerprint density at radius 2 is 1.63 bits per heavy atom. The summed E-state index contributed by atoms with van der Waals surface area (Å²) < 4.78 is 0. The first-order chi connectivity index (χ1) is 23.4. The second-order valence-corrected chi connectivity index (χ2v) is 12.5. The number of carbonyl (C=O) groups excluding carboxylic acids is 5. The summed E-state index contributed by atoms with van der Waals surface area (Å²) in [5, 5.41) is 20.3. The predicted octanol–water partition coefficient (Wildman–Crippen LogP) is -1.05. The molecule has 0 spiro atoms. The normalized spacial score (nSPS) is 16.7. The van der Waals surface area contributed by atoms with Gasteiger partial charge in [0.25, 0.3) is 0 Å². The van der Waals surface area contributed by atoms with E-state index in [9.17, 15) is 33.9 Å². The number of carboxylic acids is 1. The lowest BCUT2D eigenvalue weighted by Gasteiger charge is -2.31. The Labute approximate surface area is 285 Å². The van der Waals surface area contributed by atoms with E-state index in [0.29, 0.717) is 37.9 Å². The van der Waals surface area contributed by atoms with E-state index in [4.69, 9.17) is 11.5 Å². The van der Waals surface area contributed by atoms with Crippen LogP contribution in [0.5, 0.6) is 0 Å². The number of nitrogens with two attached hydrogens (primary N) is 2. The van der Waals surface area contributed by atoms with Crippen molar-refractivity contribution >= 4 is 35.5 Å². The highest BCUT2D eigenvalue weighted by Crippen LogP contribution is 2.21. The van der Waals surface area contributed by atoms with Crippen molar-refractivity contribution < 1.29 is 33.9 Å². The van der Waals surface area contributed by atoms with Crippen molar-refractivity contribution in [2.24, 2.45) is 17.4 Å². The number of aliphatic carboxylic acids is 1. The summed E-state index contributed by atoms with van der Waals surface area (Å²) in [6.07, 6.45) is 5.28. The second-order valence-electron chi connectivity index (χ2n) is 12.5. The zero-order chi connectivity index (χ0) is 35.9. The molecule has 10 N–H and O–H groups in total. The highest BCUT2D eigenvalue weighted by molar-refractivity contribution is 5.96. The van der Waals surface area contributed by atoms with Crippen LogP contribution in [-0.4, -0.2) is 105 Å². The third kappa shape index (κ3) is 11.7. The van der Waals surface area contributed by atoms with Crippen LogP contribution in [0.4, 0.5) is 0 Å². The van der Waals surface area contributed by atoms with Crippen molar-refractivity contribution in [2.75, 3.05) is 19.6 Å². The minimum absolute atomic E-state index is 0.0699. The number of H-pyrrole nitrogens is 1. The lowest BCUT2D eigenvalue weighted by atomic mass is 10.0. The molecule has 1 aliphatic heterocycles. The van der Waals surface area contributed by atoms with Gasteiger partial charge in [-0.25, -0.2) is 9.78 Å². The highest BCUT2D eigenvalue weighted by atomic mass is 16.4. The number of hydrogen-bond donors (Lipinski definition) is 8. The zero-order valence-electron chi connectivity index (χ0n) is 28.0. The maximum absolute atomic E-state index is 14.0. The summed E-state index contributed by atoms with van der Waals surface area (Å²) in [5.41, 5.74) is 12.5. The van der Waals surface area contributed by atoms with Gasteiger partial charge in [-0.2, -0.15) is 0 Å². The fraction of sp³-hybridized carbons (Fsp3) is 0.545. The molecule has 1 aliphatic rings. The number of carboxylic acid groups (broad SMARTS) is 1. The molecule has 0 bridgehead atoms. The molecule has 1 saturated heterocycles. The summed E-state index contributed by atoms with van der Waals surface area (Å²) in [6.45, 7) is 3.61. The van der Waals surface area contributed by atoms with Crippen molar-refractivity contribution in [1.82, 2.24) is 36.1 Å². The fourth-order valence-electron chi connectivity index (χ4n) is 5.70. The number of likely N-dealkylation sites (tertiary alicyclic amines) is 1. The van der Waals surface area contributed by atoms with Gasteiger partial charge in [-0.1, -0.05) is 44.2 Å². The Bertz CT molecular complexity index is 1400. The van der Waals surface area contributed by atoms with Crippen molar-refractivity contribution in [1.29, 1.82) is 0 Å². The van der Waals surface area contributed by atoms with Crippen LogP contribution in [0.2, 0.25) is 0 Å². The quantitative estimate of drug-likeness (QED) is 0.0834. The van der Waals surface area contributed by atoms with Gasteiger partial charge in [0.15, 0.2) is 0 Å². The lowest BCUT2D eigenvalue weighted by molar-refractivity contribution is -0.144. The van der Waals surface area contributed by atoms with Gasteiger partial charge in [-0.05, 0) is 50.1 Å². The number of amides is 5. The number of nitrogens with zero attached hydrogens (tertiary/aromatic N) is 2. The summed E-state index contributed by atoms with van der Waals surface area (Å²) in [6, 6.07) is 3.65. The third-order valence-corrected chi connectivity index (χ3v) is 8.36. The number of aromatic amines is 1. The SMILES string of the molecule is CC(C)[C@H](NC(=O)[C@H](Cc1ccccc1)NC(=O)[C@@H]1CCCN1C(=O)[C@H](CCCCN)NC(=O)[C@H](Cc1cnc[nH]1)NC(=O)CN)C(=O)O. The molecule has 16 heteroatoms. The second kappa shape index (κ2) is 19.2. The standard InChI is InChI=1S/C33H49N9O7/c1-20(2)28(33(48)49)41-30(45)24(15-21-9-4-3-5-10-21)40-31(46)26-12-8-14-42(26)32(47)23(11-6-7-13-34)39-29(44)25(38-27(43)17-35)16-22-18-36-19-37-22/h3-5,9-10,18-20,23-26,28H,6-8,11-17,34-35H2,1-2H3,(H,36,37)(H,38,43)(H,39,44)(H,40,46)(H,41,45)(H,48,49)/t23-,24-,25-,26-,28-/m0/s1. The summed E-state index contributed by atoms with van der Waals surface area (Å²) >= 11 is 0. The fourth-order valence-corrected chi connectivity index (χ4v) is 5.70. The van der Waals surface area contributed by atoms with E-state index in [2.05, 4.69) is 31.2 Å². The molecule has 3 rings (SSSR count). The molecule has 268 valence electrons. The Morgan fingerprint density at radius 1 is 0.939 bits per heavy atom. The number of benzene rings is 1. The van der Waals surface area contributed by atoms with Crippen LogP contribution in [-0.2, 0) is 41.6 Å². The number of hydrogen-bond acceptors (Lipinski definition) is 9. The van der Waals surface area contributed by atoms with E-state index in [-0.39, 0.29) is 32.4 Å². The van der Waals surface area contributed by atoms with Crippen molar-refractivity contribution in [3.8, 4) is 0 Å². The number of imidazole rings is 1. The highest BCUT2D eigenvalue weighted by Gasteiger charge is 2.40. The third-order valence-electron chi connectivity index (χ3n) is 8.36. The van der Waals surface area contributed by atoms with Crippen molar-refractivity contribution in [3.63, 3.8) is 0 Å². The summed E-state index contributed by atoms with van der Waals surface area (Å²) in [7, 11) is 0. The molecule has 1 fully saturated rings. The molecule has 5 atom stereocenters. The number of rotatable bonds is 19. The molecule has 0 aliphatic carbocycles. The van der Waals surface area contributed by atoms with Crippen molar-refractivity contribution in [3.05, 3.63) is 54.1 Å². The first kappa shape index (κ1) is 38.6. The van der Waals surface area contributed by atoms with Gasteiger partial charge in [0, 0.05) is 31.3 Å². The Kier molecular flexibility index (Phi) is 15.2. The average molecular weight is 684 g/mol. The minimum atomic E-state index is -1.20. The van der Waals surface area contributed by atoms with E-state index in [0.717, 1.165) is 5.56 Å². The predicted molar refractivity (Wildman–Crippen MR) is 179 cm³/mol. The maximum atomic E-state index is 14.0. The van der Waals surface area contributed by atoms with Crippen LogP contribution in [0.3, 0.4) is 0 Å². The number of carbonyl (C=O) groups is 6. The summed E-state index contributed by atoms with van der Waals surface area (Å²) in [4.78, 5) is 87.0. The van der Waals surface area contributed by atoms with Gasteiger partial charge >= 0.3 is 5.97 Å². The van der Waals surface area contributed by atoms with Gasteiger partial charge in [-0.3, -0.25) is 24.0 Å². The van der Waals surface area contributed by atoms with Crippen molar-refractivity contribution in [2.45, 2.75) is 89.0 Å². The molecule has 0 radical (unpaired) electrons. The molecule has 1 aromatic heterocycles. The molecular weight excluding hydrogens is 634 g/mol. The molecule has 0 saturated carbocycles. The van der Waals surface area contributed by atoms with Crippen LogP contribution in [0.15, 0.2) is 42.9 Å². The largest absolute Gasteiger partial charge is 0.480 e. The maximum Gasteiger partial charge on any atom is 0.326 e. The van der Waals surface area contributed by atoms with E-state index in [1.54, 1.807) is 38.1 Å². The van der Waals surface area contributed by atoms with Gasteiger partial charge in [0.05, 0.1) is 12.9 Å². The molecule has 2 aromatic rings. The van der Waals surface area contributed by atoms with Gasteiger partial charge in [0.2, 0.25) is 29.5 Å². The lowest BCUT2D eigenvalue weighted by Crippen LogP contribution is -2.59. The molecule has 1 aromatic carbocycles. The number of unbranched alkanes of at least 4 members (excludes halogenated alkanes) is 1. The number of aromatic nitrogens is 2. The zero-order valence-corrected chi connectivity index (χ0v) is 28.0. The van der Waals surface area contributed by atoms with Crippen LogP contribution in [0.1, 0.15) is 57.2 Å². The van der Waals surface area contributed by atoms with E-state index in [1.807, 2.05) is 6.07 Å². The molecule has 49 heavy (non-hydrogen) atoms.